The minimum atomic E-state index is -0.281. The highest BCUT2D eigenvalue weighted by Gasteiger charge is 2.59. The molecule has 0 saturated carbocycles. The summed E-state index contributed by atoms with van der Waals surface area (Å²) in [6.45, 7) is 1.16. The van der Waals surface area contributed by atoms with Crippen molar-refractivity contribution in [2.24, 2.45) is 0 Å². The van der Waals surface area contributed by atoms with Gasteiger partial charge in [-0.2, -0.15) is 0 Å². The van der Waals surface area contributed by atoms with E-state index in [0.717, 1.165) is 18.5 Å². The molecule has 0 N–H and O–H groups in total. The number of rotatable bonds is 0. The monoisotopic (exact) mass is 217 g/mol. The molecule has 0 aromatic heterocycles. The van der Waals surface area contributed by atoms with Crippen LogP contribution in [0.15, 0.2) is 23.8 Å². The van der Waals surface area contributed by atoms with E-state index in [1.165, 1.54) is 19.3 Å². The van der Waals surface area contributed by atoms with Crippen molar-refractivity contribution in [3.8, 4) is 0 Å². The molecule has 0 aromatic rings. The van der Waals surface area contributed by atoms with Crippen molar-refractivity contribution in [2.75, 3.05) is 6.54 Å². The van der Waals surface area contributed by atoms with Crippen LogP contribution in [0.3, 0.4) is 0 Å². The normalized spacial score (nSPS) is 45.0. The highest BCUT2D eigenvalue weighted by atomic mass is 16.6. The summed E-state index contributed by atoms with van der Waals surface area (Å²) >= 11 is 0. The molecule has 2 bridgehead atoms. The summed E-state index contributed by atoms with van der Waals surface area (Å²) in [5, 5.41) is 0. The fraction of sp³-hybridized carbons (Fsp3) is 0.615. The summed E-state index contributed by atoms with van der Waals surface area (Å²) in [5.41, 5.74) is 0.833. The van der Waals surface area contributed by atoms with E-state index in [1.807, 2.05) is 0 Å². The first-order valence-corrected chi connectivity index (χ1v) is 6.19. The Kier molecular flexibility index (Phi) is 1.56. The first-order chi connectivity index (χ1) is 7.79. The summed E-state index contributed by atoms with van der Waals surface area (Å²) < 4.78 is 5.69. The molecule has 3 heterocycles. The third kappa shape index (κ3) is 0.908. The summed E-state index contributed by atoms with van der Waals surface area (Å²) in [5.74, 6) is -0.146. The molecule has 3 nitrogen and oxygen atoms in total. The maximum absolute atomic E-state index is 11.5. The topological polar surface area (TPSA) is 29.5 Å². The number of fused-ring (bicyclic) bond motifs is 3. The molecular formula is C13H15NO2. The zero-order chi connectivity index (χ0) is 10.8. The fourth-order valence-electron chi connectivity index (χ4n) is 3.94. The van der Waals surface area contributed by atoms with Crippen molar-refractivity contribution in [3.63, 3.8) is 0 Å². The number of nitrogens with zero attached hydrogens (tertiary/aromatic N) is 1. The van der Waals surface area contributed by atoms with Crippen LogP contribution in [-0.4, -0.2) is 35.1 Å². The van der Waals surface area contributed by atoms with Gasteiger partial charge in [-0.1, -0.05) is 18.6 Å². The molecule has 3 atom stereocenters. The zero-order valence-electron chi connectivity index (χ0n) is 9.19. The molecule has 1 spiro atoms. The van der Waals surface area contributed by atoms with E-state index in [2.05, 4.69) is 17.1 Å². The van der Waals surface area contributed by atoms with Gasteiger partial charge in [0.2, 0.25) is 0 Å². The predicted octanol–water partition coefficient (Wildman–Crippen LogP) is 1.41. The molecule has 3 aliphatic heterocycles. The summed E-state index contributed by atoms with van der Waals surface area (Å²) in [7, 11) is 0. The van der Waals surface area contributed by atoms with Gasteiger partial charge in [-0.05, 0) is 19.4 Å². The quantitative estimate of drug-likeness (QED) is 0.574. The average Bonchev–Trinajstić information content (AvgIpc) is 2.76. The Morgan fingerprint density at radius 1 is 1.44 bits per heavy atom. The van der Waals surface area contributed by atoms with Gasteiger partial charge in [0.05, 0.1) is 6.04 Å². The molecule has 1 aliphatic carbocycles. The maximum Gasteiger partial charge on any atom is 0.332 e. The van der Waals surface area contributed by atoms with Crippen LogP contribution in [-0.2, 0) is 9.53 Å². The molecule has 0 aromatic carbocycles. The largest absolute Gasteiger partial charge is 0.449 e. The van der Waals surface area contributed by atoms with Gasteiger partial charge in [-0.15, -0.1) is 0 Å². The third-order valence-corrected chi connectivity index (χ3v) is 4.56. The Bertz CT molecular complexity index is 426. The first kappa shape index (κ1) is 8.99. The lowest BCUT2D eigenvalue weighted by atomic mass is 9.80. The molecule has 1 unspecified atom stereocenters. The highest BCUT2D eigenvalue weighted by molar-refractivity contribution is 5.88. The van der Waals surface area contributed by atoms with Gasteiger partial charge in [0.1, 0.15) is 0 Å². The van der Waals surface area contributed by atoms with Crippen molar-refractivity contribution in [2.45, 2.75) is 43.4 Å². The summed E-state index contributed by atoms with van der Waals surface area (Å²) in [6.07, 6.45) is 10.7. The number of hydrogen-bond acceptors (Lipinski definition) is 3. The average molecular weight is 217 g/mol. The number of carbonyl (C=O) groups is 1. The van der Waals surface area contributed by atoms with Crippen molar-refractivity contribution in [3.05, 3.63) is 23.8 Å². The Hall–Kier alpha value is -1.09. The highest BCUT2D eigenvalue weighted by Crippen LogP contribution is 2.51. The fourth-order valence-corrected chi connectivity index (χ4v) is 3.94. The molecule has 4 rings (SSSR count). The van der Waals surface area contributed by atoms with Crippen molar-refractivity contribution in [1.82, 2.24) is 4.90 Å². The molecule has 0 radical (unpaired) electrons. The molecule has 16 heavy (non-hydrogen) atoms. The lowest BCUT2D eigenvalue weighted by molar-refractivity contribution is -0.148. The number of piperidine rings is 1. The standard InChI is InChI=1S/C13H15NO2/c15-12-7-9-4-5-10-8-13(9,16-12)11-3-1-2-6-14(10)11/h4-5,7,10-11H,1-3,6,8H2/t10?,11-,13-/m0/s1. The van der Waals surface area contributed by atoms with E-state index in [4.69, 9.17) is 4.74 Å². The van der Waals surface area contributed by atoms with E-state index in [9.17, 15) is 4.79 Å². The van der Waals surface area contributed by atoms with E-state index >= 15 is 0 Å². The molecule has 3 heteroatoms. The molecule has 84 valence electrons. The third-order valence-electron chi connectivity index (χ3n) is 4.56. The Labute approximate surface area is 94.8 Å². The minimum absolute atomic E-state index is 0.146. The van der Waals surface area contributed by atoms with Crippen LogP contribution >= 0.6 is 0 Å². The second-order valence-electron chi connectivity index (χ2n) is 5.29. The van der Waals surface area contributed by atoms with Crippen molar-refractivity contribution in [1.29, 1.82) is 0 Å². The van der Waals surface area contributed by atoms with Gasteiger partial charge in [0, 0.05) is 24.1 Å². The number of carbonyl (C=O) groups excluding carboxylic acids is 1. The zero-order valence-corrected chi connectivity index (χ0v) is 9.19. The number of esters is 1. The van der Waals surface area contributed by atoms with Gasteiger partial charge < -0.3 is 4.74 Å². The second kappa shape index (κ2) is 2.77. The molecule has 4 aliphatic rings. The molecular weight excluding hydrogens is 202 g/mol. The lowest BCUT2D eigenvalue weighted by Gasteiger charge is -2.37. The van der Waals surface area contributed by atoms with Gasteiger partial charge >= 0.3 is 5.97 Å². The smallest absolute Gasteiger partial charge is 0.332 e. The Morgan fingerprint density at radius 2 is 2.38 bits per heavy atom. The molecule has 2 saturated heterocycles. The molecule has 0 amide bonds. The van der Waals surface area contributed by atoms with Crippen molar-refractivity contribution < 1.29 is 9.53 Å². The van der Waals surface area contributed by atoms with Gasteiger partial charge in [-0.3, -0.25) is 4.90 Å². The summed E-state index contributed by atoms with van der Waals surface area (Å²) in [4.78, 5) is 14.1. The van der Waals surface area contributed by atoms with Crippen LogP contribution in [0.5, 0.6) is 0 Å². The summed E-state index contributed by atoms with van der Waals surface area (Å²) in [6, 6.07) is 0.923. The Morgan fingerprint density at radius 3 is 3.31 bits per heavy atom. The van der Waals surface area contributed by atoms with Crippen LogP contribution in [0.25, 0.3) is 0 Å². The molecule has 2 fully saturated rings. The van der Waals surface area contributed by atoms with E-state index < -0.39 is 0 Å². The maximum atomic E-state index is 11.5. The number of ether oxygens (including phenoxy) is 1. The van der Waals surface area contributed by atoms with Crippen LogP contribution < -0.4 is 0 Å². The van der Waals surface area contributed by atoms with Crippen LogP contribution in [0.1, 0.15) is 25.7 Å². The first-order valence-electron chi connectivity index (χ1n) is 6.19. The van der Waals surface area contributed by atoms with Crippen LogP contribution in [0.4, 0.5) is 0 Å². The van der Waals surface area contributed by atoms with Crippen LogP contribution in [0, 0.1) is 0 Å². The van der Waals surface area contributed by atoms with Gasteiger partial charge in [0.15, 0.2) is 5.60 Å². The van der Waals surface area contributed by atoms with Crippen molar-refractivity contribution >= 4 is 5.97 Å². The van der Waals surface area contributed by atoms with Gasteiger partial charge in [0.25, 0.3) is 0 Å². The minimum Gasteiger partial charge on any atom is -0.449 e. The van der Waals surface area contributed by atoms with Crippen LogP contribution in [0.2, 0.25) is 0 Å². The van der Waals surface area contributed by atoms with E-state index in [-0.39, 0.29) is 11.6 Å². The van der Waals surface area contributed by atoms with E-state index in [0.29, 0.717) is 12.1 Å². The predicted molar refractivity (Wildman–Crippen MR) is 58.8 cm³/mol. The number of hydrogen-bond donors (Lipinski definition) is 0. The second-order valence-corrected chi connectivity index (χ2v) is 5.29. The van der Waals surface area contributed by atoms with Gasteiger partial charge in [-0.25, -0.2) is 4.79 Å². The lowest BCUT2D eigenvalue weighted by Crippen LogP contribution is -2.48. The SMILES string of the molecule is O=C1C=C2C=CC3C[C@@]2(O1)[C@@H]1CCCCN31. The van der Waals surface area contributed by atoms with E-state index in [1.54, 1.807) is 6.08 Å². The Balaban J connectivity index is 1.84.